The number of allylic oxidation sites excluding steroid dienone is 1. The van der Waals surface area contributed by atoms with Gasteiger partial charge in [0.1, 0.15) is 0 Å². The summed E-state index contributed by atoms with van der Waals surface area (Å²) in [5, 5.41) is 0. The fraction of sp³-hybridized carbons (Fsp3) is 0.320. The molecule has 0 aliphatic rings. The summed E-state index contributed by atoms with van der Waals surface area (Å²) in [6, 6.07) is 12.7. The van der Waals surface area contributed by atoms with Crippen LogP contribution in [-0.4, -0.2) is 55.2 Å². The van der Waals surface area contributed by atoms with E-state index in [1.54, 1.807) is 35.9 Å². The van der Waals surface area contributed by atoms with Gasteiger partial charge in [0, 0.05) is 0 Å². The first-order valence-electron chi connectivity index (χ1n) is 10.2. The maximum atomic E-state index is 14.7. The van der Waals surface area contributed by atoms with Crippen molar-refractivity contribution in [2.75, 3.05) is 34.2 Å². The van der Waals surface area contributed by atoms with Gasteiger partial charge in [0.25, 0.3) is 0 Å². The fourth-order valence-corrected chi connectivity index (χ4v) is 3.57. The van der Waals surface area contributed by atoms with Crippen LogP contribution in [0.1, 0.15) is 16.7 Å². The number of halogens is 3. The summed E-state index contributed by atoms with van der Waals surface area (Å²) in [7, 11) is 5.32. The van der Waals surface area contributed by atoms with Gasteiger partial charge in [0.15, 0.2) is 0 Å². The van der Waals surface area contributed by atoms with Crippen LogP contribution in [0.5, 0.6) is 5.75 Å². The van der Waals surface area contributed by atoms with E-state index in [0.717, 1.165) is 16.7 Å². The zero-order valence-corrected chi connectivity index (χ0v) is 20.3. The quantitative estimate of drug-likeness (QED) is 0.416. The van der Waals surface area contributed by atoms with Gasteiger partial charge < -0.3 is 0 Å². The third kappa shape index (κ3) is 7.40. The topological polar surface area (TPSA) is 15.7 Å². The first-order chi connectivity index (χ1) is 15.1. The van der Waals surface area contributed by atoms with Gasteiger partial charge in [-0.3, -0.25) is 0 Å². The molecule has 0 amide bonds. The van der Waals surface area contributed by atoms with Gasteiger partial charge in [0.2, 0.25) is 0 Å². The molecule has 0 heterocycles. The fourth-order valence-electron chi connectivity index (χ4n) is 3.18. The SMILES string of the molecule is C=C(Oc1ccc(/C(CN(C)CC(F)F)=C(\[CH]=[V])Cc2cccc(C)c2F)cc1)N(C)C. The second kappa shape index (κ2) is 12.1. The normalized spacial score (nSPS) is 12.0. The van der Waals surface area contributed by atoms with E-state index >= 15 is 0 Å². The summed E-state index contributed by atoms with van der Waals surface area (Å²) in [6.07, 6.45) is -2.08. The van der Waals surface area contributed by atoms with Gasteiger partial charge in [-0.2, -0.15) is 0 Å². The molecule has 0 aliphatic heterocycles. The van der Waals surface area contributed by atoms with Crippen LogP contribution in [-0.2, 0) is 23.4 Å². The molecule has 0 radical (unpaired) electrons. The minimum absolute atomic E-state index is 0.245. The van der Waals surface area contributed by atoms with Gasteiger partial charge in [-0.25, -0.2) is 0 Å². The molecule has 0 spiro atoms. The van der Waals surface area contributed by atoms with Crippen LogP contribution in [0.2, 0.25) is 0 Å². The number of nitrogens with zero attached hydrogens (tertiary/aromatic N) is 2. The van der Waals surface area contributed by atoms with E-state index in [2.05, 4.69) is 23.6 Å². The Morgan fingerprint density at radius 1 is 1.12 bits per heavy atom. The summed E-state index contributed by atoms with van der Waals surface area (Å²) in [4.78, 5) is 3.33. The first-order valence-corrected chi connectivity index (χ1v) is 11.0. The van der Waals surface area contributed by atoms with E-state index in [-0.39, 0.29) is 12.4 Å². The Hall–Kier alpha value is -2.28. The van der Waals surface area contributed by atoms with E-state index in [1.807, 2.05) is 49.2 Å². The van der Waals surface area contributed by atoms with Gasteiger partial charge in [0.05, 0.1) is 0 Å². The Balaban J connectivity index is 2.44. The van der Waals surface area contributed by atoms with Crippen molar-refractivity contribution in [2.45, 2.75) is 19.8 Å². The van der Waals surface area contributed by atoms with E-state index in [4.69, 9.17) is 4.74 Å². The van der Waals surface area contributed by atoms with Crippen molar-refractivity contribution in [2.24, 2.45) is 0 Å². The van der Waals surface area contributed by atoms with Crippen molar-refractivity contribution in [3.8, 4) is 5.75 Å². The zero-order valence-electron chi connectivity index (χ0n) is 18.9. The van der Waals surface area contributed by atoms with Crippen LogP contribution < -0.4 is 4.74 Å². The predicted octanol–water partition coefficient (Wildman–Crippen LogP) is 5.09. The van der Waals surface area contributed by atoms with Crippen molar-refractivity contribution in [1.29, 1.82) is 0 Å². The number of likely N-dealkylation sites (N-methyl/N-ethyl adjacent to an activating group) is 1. The van der Waals surface area contributed by atoms with Crippen LogP contribution in [0.15, 0.2) is 60.5 Å². The summed E-state index contributed by atoms with van der Waals surface area (Å²) in [6.45, 7) is 5.53. The van der Waals surface area contributed by atoms with Gasteiger partial charge in [-0.15, -0.1) is 0 Å². The van der Waals surface area contributed by atoms with Crippen molar-refractivity contribution >= 4 is 10.3 Å². The van der Waals surface area contributed by atoms with Gasteiger partial charge in [-0.1, -0.05) is 0 Å². The molecular weight excluding hydrogens is 452 g/mol. The third-order valence-corrected chi connectivity index (χ3v) is 5.50. The molecular formula is C25H29F3N2OV. The van der Waals surface area contributed by atoms with E-state index in [1.165, 1.54) is 0 Å². The molecule has 0 aliphatic carbocycles. The number of alkyl halides is 2. The summed E-state index contributed by atoms with van der Waals surface area (Å²) < 4.78 is 48.1. The molecule has 3 nitrogen and oxygen atoms in total. The maximum absolute atomic E-state index is 14.7. The van der Waals surface area contributed by atoms with Crippen LogP contribution in [0, 0.1) is 12.7 Å². The molecule has 0 N–H and O–H groups in total. The molecule has 0 fully saturated rings. The van der Waals surface area contributed by atoms with Gasteiger partial charge in [-0.05, 0) is 0 Å². The average molecular weight is 481 g/mol. The summed E-state index contributed by atoms with van der Waals surface area (Å²) >= 11 is 2.39. The summed E-state index contributed by atoms with van der Waals surface area (Å²) in [5.41, 5.74) is 3.72. The predicted molar refractivity (Wildman–Crippen MR) is 121 cm³/mol. The Bertz CT molecular complexity index is 972. The standard InChI is InChI=1S/C25H29F3N2O.V/c1-17-8-7-9-21(25(17)28)14-18(2)23(15-30(6)16-24(26)27)20-10-12-22(13-11-20)31-19(3)29(4)5;/h2,7-13,24H,3,14-16H2,1,4-6H3;/b23-18+;. The third-order valence-electron chi connectivity index (χ3n) is 5.01. The number of hydrogen-bond acceptors (Lipinski definition) is 3. The first kappa shape index (κ1) is 26.0. The number of aryl methyl sites for hydroxylation is 1. The van der Waals surface area contributed by atoms with E-state index in [0.29, 0.717) is 35.7 Å². The van der Waals surface area contributed by atoms with Gasteiger partial charge >= 0.3 is 198 Å². The molecule has 2 rings (SSSR count). The average Bonchev–Trinajstić information content (AvgIpc) is 2.73. The van der Waals surface area contributed by atoms with Crippen molar-refractivity contribution in [3.63, 3.8) is 0 Å². The van der Waals surface area contributed by atoms with Crippen LogP contribution in [0.3, 0.4) is 0 Å². The zero-order chi connectivity index (χ0) is 23.8. The second-order valence-corrected chi connectivity index (χ2v) is 8.26. The van der Waals surface area contributed by atoms with Crippen LogP contribution in [0.25, 0.3) is 5.57 Å². The van der Waals surface area contributed by atoms with Crippen molar-refractivity contribution < 1.29 is 34.9 Å². The monoisotopic (exact) mass is 481 g/mol. The van der Waals surface area contributed by atoms with Crippen molar-refractivity contribution in [1.82, 2.24) is 9.80 Å². The Kier molecular flexibility index (Phi) is 9.82. The molecule has 171 valence electrons. The number of rotatable bonds is 11. The Morgan fingerprint density at radius 3 is 2.34 bits per heavy atom. The number of hydrogen-bond donors (Lipinski definition) is 0. The van der Waals surface area contributed by atoms with Crippen molar-refractivity contribution in [3.05, 3.63) is 83.0 Å². The molecule has 0 aromatic heterocycles. The molecule has 0 bridgehead atoms. The minimum atomic E-state index is -2.44. The number of benzene rings is 2. The molecule has 32 heavy (non-hydrogen) atoms. The molecule has 2 aromatic rings. The molecule has 0 unspecified atom stereocenters. The molecule has 0 saturated heterocycles. The molecule has 2 aromatic carbocycles. The summed E-state index contributed by atoms with van der Waals surface area (Å²) in [5.74, 6) is 0.876. The van der Waals surface area contributed by atoms with E-state index in [9.17, 15) is 13.2 Å². The molecule has 7 heteroatoms. The molecule has 0 atom stereocenters. The van der Waals surface area contributed by atoms with Crippen LogP contribution in [0.4, 0.5) is 13.2 Å². The van der Waals surface area contributed by atoms with Crippen LogP contribution >= 0.6 is 0 Å². The Morgan fingerprint density at radius 2 is 1.78 bits per heavy atom. The second-order valence-electron chi connectivity index (χ2n) is 7.86. The molecule has 0 saturated carbocycles. The number of ether oxygens (including phenoxy) is 1. The Labute approximate surface area is 197 Å². The van der Waals surface area contributed by atoms with E-state index < -0.39 is 6.43 Å².